The van der Waals surface area contributed by atoms with Crippen molar-refractivity contribution >= 4 is 17.3 Å². The number of nitrogens with zero attached hydrogens (tertiary/aromatic N) is 2. The lowest BCUT2D eigenvalue weighted by Crippen LogP contribution is -2.15. The van der Waals surface area contributed by atoms with Gasteiger partial charge in [0.15, 0.2) is 5.69 Å². The first kappa shape index (κ1) is 14.8. The first-order chi connectivity index (χ1) is 9.82. The van der Waals surface area contributed by atoms with Crippen LogP contribution in [0.1, 0.15) is 28.8 Å². The third-order valence-corrected chi connectivity index (χ3v) is 2.76. The lowest BCUT2D eigenvalue weighted by atomic mass is 10.2. The van der Waals surface area contributed by atoms with E-state index in [0.29, 0.717) is 12.1 Å². The normalized spacial score (nSPS) is 11.4. The minimum Gasteiger partial charge on any atom is -0.395 e. The van der Waals surface area contributed by atoms with Gasteiger partial charge in [-0.3, -0.25) is 9.89 Å². The van der Waals surface area contributed by atoms with Crippen molar-refractivity contribution in [2.45, 2.75) is 19.5 Å². The molecule has 0 spiro atoms. The minimum atomic E-state index is -4.52. The molecule has 0 fully saturated rings. The molecule has 0 atom stereocenters. The van der Waals surface area contributed by atoms with Crippen molar-refractivity contribution < 1.29 is 18.0 Å². The van der Waals surface area contributed by atoms with E-state index in [1.807, 2.05) is 6.92 Å². The monoisotopic (exact) mass is 299 g/mol. The number of rotatable bonds is 3. The Kier molecular flexibility index (Phi) is 3.83. The predicted molar refractivity (Wildman–Crippen MR) is 69.6 cm³/mol. The van der Waals surface area contributed by atoms with Crippen LogP contribution in [0, 0.1) is 0 Å². The molecule has 0 saturated heterocycles. The highest BCUT2D eigenvalue weighted by Crippen LogP contribution is 2.27. The Labute approximate surface area is 117 Å². The zero-order valence-electron chi connectivity index (χ0n) is 11.0. The zero-order chi connectivity index (χ0) is 15.6. The van der Waals surface area contributed by atoms with Crippen LogP contribution in [0.2, 0.25) is 0 Å². The number of carbonyl (C=O) groups excluding carboxylic acids is 1. The number of hydrogen-bond donors (Lipinski definition) is 3. The molecule has 0 aromatic carbocycles. The number of amides is 1. The molecule has 2 heterocycles. The highest BCUT2D eigenvalue weighted by atomic mass is 19.4. The van der Waals surface area contributed by atoms with Crippen LogP contribution in [-0.2, 0) is 12.6 Å². The Bertz CT molecular complexity index is 648. The smallest absolute Gasteiger partial charge is 0.395 e. The second-order valence-electron chi connectivity index (χ2n) is 4.20. The van der Waals surface area contributed by atoms with Gasteiger partial charge in [0.25, 0.3) is 5.91 Å². The van der Waals surface area contributed by atoms with Crippen LogP contribution in [0.4, 0.5) is 24.5 Å². The molecule has 0 radical (unpaired) electrons. The molecule has 0 aliphatic carbocycles. The molecule has 112 valence electrons. The van der Waals surface area contributed by atoms with Gasteiger partial charge in [-0.1, -0.05) is 6.92 Å². The van der Waals surface area contributed by atoms with E-state index in [9.17, 15) is 18.0 Å². The van der Waals surface area contributed by atoms with Crippen molar-refractivity contribution in [1.82, 2.24) is 15.2 Å². The summed E-state index contributed by atoms with van der Waals surface area (Å²) in [6, 6.07) is 1.89. The van der Waals surface area contributed by atoms with E-state index in [-0.39, 0.29) is 17.1 Å². The Morgan fingerprint density at radius 2 is 2.14 bits per heavy atom. The van der Waals surface area contributed by atoms with Crippen LogP contribution in [0.15, 0.2) is 18.3 Å². The van der Waals surface area contributed by atoms with Gasteiger partial charge in [-0.25, -0.2) is 4.98 Å². The van der Waals surface area contributed by atoms with Gasteiger partial charge in [0.2, 0.25) is 0 Å². The van der Waals surface area contributed by atoms with Gasteiger partial charge in [0.1, 0.15) is 5.69 Å². The van der Waals surface area contributed by atoms with E-state index in [2.05, 4.69) is 20.5 Å². The van der Waals surface area contributed by atoms with Gasteiger partial charge in [0.05, 0.1) is 23.3 Å². The number of carbonyl (C=O) groups is 1. The number of nitrogens with two attached hydrogens (primary N) is 1. The predicted octanol–water partition coefficient (Wildman–Crippen LogP) is 2.22. The highest BCUT2D eigenvalue weighted by Gasteiger charge is 2.32. The van der Waals surface area contributed by atoms with Crippen molar-refractivity contribution in [3.8, 4) is 0 Å². The van der Waals surface area contributed by atoms with E-state index in [0.717, 1.165) is 18.3 Å². The largest absolute Gasteiger partial charge is 0.433 e. The number of aromatic amines is 1. The van der Waals surface area contributed by atoms with E-state index in [1.54, 1.807) is 0 Å². The molecule has 0 bridgehead atoms. The Morgan fingerprint density at radius 1 is 1.43 bits per heavy atom. The molecule has 2 rings (SSSR count). The molecule has 21 heavy (non-hydrogen) atoms. The summed E-state index contributed by atoms with van der Waals surface area (Å²) in [4.78, 5) is 15.2. The average molecular weight is 299 g/mol. The molecule has 0 unspecified atom stereocenters. The summed E-state index contributed by atoms with van der Waals surface area (Å²) in [5, 5.41) is 8.78. The van der Waals surface area contributed by atoms with Crippen molar-refractivity contribution in [1.29, 1.82) is 0 Å². The maximum Gasteiger partial charge on any atom is 0.433 e. The summed E-state index contributed by atoms with van der Waals surface area (Å²) in [6.45, 7) is 1.84. The van der Waals surface area contributed by atoms with Gasteiger partial charge in [-0.05, 0) is 18.6 Å². The first-order valence-electron chi connectivity index (χ1n) is 6.00. The molecular formula is C12H12F3N5O. The quantitative estimate of drug-likeness (QED) is 0.809. The number of alkyl halides is 3. The van der Waals surface area contributed by atoms with Crippen LogP contribution in [0.5, 0.6) is 0 Å². The Morgan fingerprint density at radius 3 is 2.62 bits per heavy atom. The lowest BCUT2D eigenvalue weighted by molar-refractivity contribution is -0.141. The van der Waals surface area contributed by atoms with Gasteiger partial charge in [-0.2, -0.15) is 18.3 Å². The van der Waals surface area contributed by atoms with Crippen LogP contribution in [0.25, 0.3) is 0 Å². The van der Waals surface area contributed by atoms with Crippen LogP contribution in [0.3, 0.4) is 0 Å². The maximum absolute atomic E-state index is 12.4. The number of nitrogens with one attached hydrogen (secondary N) is 2. The van der Waals surface area contributed by atoms with E-state index >= 15 is 0 Å². The summed E-state index contributed by atoms with van der Waals surface area (Å²) in [5.41, 5.74) is 5.64. The van der Waals surface area contributed by atoms with Gasteiger partial charge in [-0.15, -0.1) is 0 Å². The van der Waals surface area contributed by atoms with Crippen LogP contribution in [-0.4, -0.2) is 21.1 Å². The van der Waals surface area contributed by atoms with Crippen LogP contribution < -0.4 is 11.1 Å². The second-order valence-corrected chi connectivity index (χ2v) is 4.20. The summed E-state index contributed by atoms with van der Waals surface area (Å²) >= 11 is 0. The molecule has 0 saturated carbocycles. The topological polar surface area (TPSA) is 96.7 Å². The number of anilines is 2. The number of aromatic nitrogens is 3. The molecule has 0 aliphatic rings. The van der Waals surface area contributed by atoms with E-state index < -0.39 is 17.8 Å². The number of H-pyrrole nitrogens is 1. The maximum atomic E-state index is 12.4. The molecule has 2 aromatic rings. The number of pyridine rings is 1. The first-order valence-corrected chi connectivity index (χ1v) is 6.00. The van der Waals surface area contributed by atoms with E-state index in [1.165, 1.54) is 0 Å². The molecule has 4 N–H and O–H groups in total. The SMILES string of the molecule is CCc1[nH]nc(C(=O)Nc2ccc(C(F)(F)F)nc2)c1N. The van der Waals surface area contributed by atoms with Gasteiger partial charge in [0, 0.05) is 0 Å². The summed E-state index contributed by atoms with van der Waals surface area (Å²) in [5.74, 6) is -0.620. The highest BCUT2D eigenvalue weighted by molar-refractivity contribution is 6.06. The lowest BCUT2D eigenvalue weighted by Gasteiger charge is -2.07. The molecule has 6 nitrogen and oxygen atoms in total. The van der Waals surface area contributed by atoms with E-state index in [4.69, 9.17) is 5.73 Å². The summed E-state index contributed by atoms with van der Waals surface area (Å²) in [7, 11) is 0. The fourth-order valence-corrected chi connectivity index (χ4v) is 1.66. The van der Waals surface area contributed by atoms with Crippen LogP contribution >= 0.6 is 0 Å². The van der Waals surface area contributed by atoms with Crippen molar-refractivity contribution in [3.05, 3.63) is 35.4 Å². The summed E-state index contributed by atoms with van der Waals surface area (Å²) < 4.78 is 37.1. The molecular weight excluding hydrogens is 287 g/mol. The minimum absolute atomic E-state index is 0.00764. The summed E-state index contributed by atoms with van der Waals surface area (Å²) in [6.07, 6.45) is -3.02. The molecule has 9 heteroatoms. The Hall–Kier alpha value is -2.58. The third-order valence-electron chi connectivity index (χ3n) is 2.76. The number of aryl methyl sites for hydroxylation is 1. The number of hydrogen-bond acceptors (Lipinski definition) is 4. The second kappa shape index (κ2) is 5.43. The molecule has 1 amide bonds. The van der Waals surface area contributed by atoms with Crippen molar-refractivity contribution in [2.75, 3.05) is 11.1 Å². The van der Waals surface area contributed by atoms with Crippen molar-refractivity contribution in [3.63, 3.8) is 0 Å². The van der Waals surface area contributed by atoms with Crippen molar-refractivity contribution in [2.24, 2.45) is 0 Å². The van der Waals surface area contributed by atoms with Gasteiger partial charge < -0.3 is 11.1 Å². The van der Waals surface area contributed by atoms with Gasteiger partial charge >= 0.3 is 6.18 Å². The standard InChI is InChI=1S/C12H12F3N5O/c1-2-7-9(16)10(20-19-7)11(21)18-6-3-4-8(17-5-6)12(13,14)15/h3-5H,2,16H2,1H3,(H,18,21)(H,19,20). The molecule has 2 aromatic heterocycles. The third kappa shape index (κ3) is 3.12. The number of nitrogen functional groups attached to an aromatic ring is 1. The molecule has 0 aliphatic heterocycles. The number of halogens is 3. The fourth-order valence-electron chi connectivity index (χ4n) is 1.66. The average Bonchev–Trinajstić information content (AvgIpc) is 2.79. The Balaban J connectivity index is 2.14. The zero-order valence-corrected chi connectivity index (χ0v) is 11.0. The fraction of sp³-hybridized carbons (Fsp3) is 0.250.